The third kappa shape index (κ3) is 3.40. The first-order valence-electron chi connectivity index (χ1n) is 8.89. The molecule has 0 spiro atoms. The molecule has 1 aromatic rings. The Morgan fingerprint density at radius 3 is 3.13 bits per heavy atom. The molecule has 2 radical (unpaired) electrons. The summed E-state index contributed by atoms with van der Waals surface area (Å²) in [6.07, 6.45) is 1.12. The number of alkyl halides is 1. The number of rotatable bonds is 2. The Hall–Kier alpha value is -1.74. The molecule has 6 unspecified atom stereocenters. The van der Waals surface area contributed by atoms with Gasteiger partial charge in [-0.3, -0.25) is 9.89 Å². The number of carbonyl (C=O) groups excluding carboxylic acids is 1. The van der Waals surface area contributed by atoms with Gasteiger partial charge >= 0.3 is 21.5 Å². The molecule has 1 aromatic heterocycles. The van der Waals surface area contributed by atoms with Gasteiger partial charge in [0, 0.05) is 12.4 Å². The summed E-state index contributed by atoms with van der Waals surface area (Å²) in [5.41, 5.74) is 6.68. The summed E-state index contributed by atoms with van der Waals surface area (Å²) in [4.78, 5) is 32.5. The molecular formula is C14H17BBrN7O6P+. The Bertz CT molecular complexity index is 903. The number of fused-ring (bicyclic) bond motifs is 1. The van der Waals surface area contributed by atoms with Gasteiger partial charge < -0.3 is 25.8 Å². The highest BCUT2D eigenvalue weighted by atomic mass is 79.9. The highest BCUT2D eigenvalue weighted by Gasteiger charge is 2.61. The predicted molar refractivity (Wildman–Crippen MR) is 107 cm³/mol. The van der Waals surface area contributed by atoms with Gasteiger partial charge in [-0.15, -0.1) is 0 Å². The minimum absolute atomic E-state index is 0.0183. The Morgan fingerprint density at radius 2 is 2.37 bits per heavy atom. The van der Waals surface area contributed by atoms with Crippen LogP contribution >= 0.6 is 23.8 Å². The maximum atomic E-state index is 12.6. The summed E-state index contributed by atoms with van der Waals surface area (Å²) in [6, 6.07) is 0. The molecule has 2 saturated heterocycles. The zero-order chi connectivity index (χ0) is 21.0. The zero-order valence-electron chi connectivity index (χ0n) is 15.2. The van der Waals surface area contributed by atoms with Gasteiger partial charge in [-0.05, 0) is 15.9 Å². The second-order valence-corrected chi connectivity index (χ2v) is 9.29. The Kier molecular flexibility index (Phi) is 5.01. The Balaban J connectivity index is 1.47. The van der Waals surface area contributed by atoms with Crippen LogP contribution in [-0.4, -0.2) is 81.7 Å². The molecule has 0 aromatic carbocycles. The normalized spacial score (nSPS) is 39.9. The predicted octanol–water partition coefficient (Wildman–Crippen LogP) is -1.12. The smallest absolute Gasteiger partial charge is 0.438 e. The molecule has 5 rings (SSSR count). The van der Waals surface area contributed by atoms with Crippen molar-refractivity contribution in [2.24, 2.45) is 10.7 Å². The fourth-order valence-electron chi connectivity index (χ4n) is 3.65. The molecule has 30 heavy (non-hydrogen) atoms. The van der Waals surface area contributed by atoms with Crippen LogP contribution in [0.2, 0.25) is 0 Å². The van der Waals surface area contributed by atoms with E-state index in [2.05, 4.69) is 36.5 Å². The Labute approximate surface area is 180 Å². The molecule has 0 bridgehead atoms. The average molecular weight is 501 g/mol. The minimum atomic E-state index is -3.56. The third-order valence-corrected chi connectivity index (χ3v) is 6.71. The largest absolute Gasteiger partial charge is 0.488 e. The topological polar surface area (TPSA) is 158 Å². The van der Waals surface area contributed by atoms with Gasteiger partial charge in [-0.2, -0.15) is 9.05 Å². The lowest BCUT2D eigenvalue weighted by Crippen LogP contribution is -2.51. The zero-order valence-corrected chi connectivity index (χ0v) is 17.7. The molecule has 0 aliphatic carbocycles. The first-order valence-corrected chi connectivity index (χ1v) is 11.4. The number of nitrogens with zero attached hydrogens (tertiary/aromatic N) is 4. The van der Waals surface area contributed by atoms with Gasteiger partial charge in [-0.1, -0.05) is 0 Å². The maximum absolute atomic E-state index is 12.6. The van der Waals surface area contributed by atoms with E-state index in [4.69, 9.17) is 31.8 Å². The first kappa shape index (κ1) is 20.2. The number of nitrogens with two attached hydrogens (primary N) is 1. The maximum Gasteiger partial charge on any atom is 0.488 e. The van der Waals surface area contributed by atoms with E-state index in [9.17, 15) is 9.69 Å². The number of hydrogen-bond donors (Lipinski definition) is 4. The van der Waals surface area contributed by atoms with Crippen molar-refractivity contribution in [3.05, 3.63) is 30.2 Å². The number of aliphatic imine (C=N–C) groups is 1. The highest BCUT2D eigenvalue weighted by Crippen LogP contribution is 2.58. The number of imidazole rings is 1. The van der Waals surface area contributed by atoms with Crippen molar-refractivity contribution in [1.82, 2.24) is 25.1 Å². The van der Waals surface area contributed by atoms with Crippen LogP contribution in [0, 0.1) is 0 Å². The molecule has 16 heteroatoms. The van der Waals surface area contributed by atoms with E-state index in [0.29, 0.717) is 11.5 Å². The molecule has 0 saturated carbocycles. The van der Waals surface area contributed by atoms with Crippen LogP contribution in [0.5, 0.6) is 0 Å². The number of halogens is 1. The molecule has 4 aliphatic rings. The third-order valence-electron chi connectivity index (χ3n) is 4.97. The summed E-state index contributed by atoms with van der Waals surface area (Å²) in [5.74, 6) is 0.602. The van der Waals surface area contributed by atoms with Crippen molar-refractivity contribution in [3.63, 3.8) is 0 Å². The van der Waals surface area contributed by atoms with Crippen molar-refractivity contribution >= 4 is 43.7 Å². The monoisotopic (exact) mass is 500 g/mol. The molecule has 5 N–H and O–H groups in total. The van der Waals surface area contributed by atoms with Crippen LogP contribution in [0.4, 0.5) is 4.79 Å². The van der Waals surface area contributed by atoms with Gasteiger partial charge in [0.1, 0.15) is 31.0 Å². The number of aromatic nitrogens is 2. The van der Waals surface area contributed by atoms with Crippen molar-refractivity contribution < 1.29 is 28.2 Å². The van der Waals surface area contributed by atoms with E-state index in [1.165, 1.54) is 29.6 Å². The van der Waals surface area contributed by atoms with Crippen molar-refractivity contribution in [2.75, 3.05) is 6.61 Å². The second-order valence-electron chi connectivity index (χ2n) is 6.83. The van der Waals surface area contributed by atoms with Crippen LogP contribution in [0.1, 0.15) is 0 Å². The average Bonchev–Trinajstić information content (AvgIpc) is 3.40. The molecule has 2 fully saturated rings. The molecule has 0 amide bonds. The van der Waals surface area contributed by atoms with E-state index in [0.717, 1.165) is 0 Å². The van der Waals surface area contributed by atoms with Gasteiger partial charge in [0.05, 0.1) is 12.0 Å². The molecule has 4 aliphatic heterocycles. The summed E-state index contributed by atoms with van der Waals surface area (Å²) < 4.78 is 23.8. The van der Waals surface area contributed by atoms with Crippen LogP contribution in [0.15, 0.2) is 35.2 Å². The summed E-state index contributed by atoms with van der Waals surface area (Å²) in [7, 11) is 2.13. The summed E-state index contributed by atoms with van der Waals surface area (Å²) in [5, 5.41) is 5.76. The lowest BCUT2D eigenvalue weighted by atomic mass is 10.1. The fraction of sp³-hybridized carbons (Fsp3) is 0.500. The highest BCUT2D eigenvalue weighted by molar-refractivity contribution is 9.09. The van der Waals surface area contributed by atoms with Crippen LogP contribution < -0.4 is 16.4 Å². The Morgan fingerprint density at radius 1 is 1.53 bits per heavy atom. The van der Waals surface area contributed by atoms with E-state index >= 15 is 0 Å². The number of carbonyl (C=O) groups is 1. The first-order chi connectivity index (χ1) is 14.3. The summed E-state index contributed by atoms with van der Waals surface area (Å²) >= 11 is 3.53. The van der Waals surface area contributed by atoms with E-state index in [-0.39, 0.29) is 6.61 Å². The van der Waals surface area contributed by atoms with Gasteiger partial charge in [-0.25, -0.2) is 19.2 Å². The van der Waals surface area contributed by atoms with E-state index < -0.39 is 49.7 Å². The summed E-state index contributed by atoms with van der Waals surface area (Å²) in [6.45, 7) is -0.0183. The number of ether oxygens (including phenoxy) is 2. The van der Waals surface area contributed by atoms with Crippen molar-refractivity contribution in [3.8, 4) is 0 Å². The van der Waals surface area contributed by atoms with Crippen molar-refractivity contribution in [1.29, 1.82) is 0 Å². The number of nitrogens with one attached hydrogen (secondary N) is 2. The standard InChI is InChI=1S/C14H17BBrN7O6P/c15-30(25)26-3-6-8(29-30)9(28-14(24)22-2-1-18-5-22)12(27-6)23-11-7(21-13(23)16)10(17)19-4-20-11/h1-2,4-6,8-10,12-13,21,25H,3,17H2,(H,19,20)/q+1/t6?,8-,9?,10?,12?,13?,30?/m1/s1. The molecule has 158 valence electrons. The lowest BCUT2D eigenvalue weighted by Gasteiger charge is -2.34. The lowest BCUT2D eigenvalue weighted by molar-refractivity contribution is -0.0893. The fourth-order valence-corrected chi connectivity index (χ4v) is 5.36. The SMILES string of the molecule is [B][P+]1(O)OCC2OC(N3C4=C(NC3Br)C(N)N=CN4)C(OC(=O)n3ccnc3)[C@@H]2O1. The minimum Gasteiger partial charge on any atom is -0.438 e. The second kappa shape index (κ2) is 7.44. The molecule has 5 heterocycles. The van der Waals surface area contributed by atoms with Gasteiger partial charge in [0.2, 0.25) is 0 Å². The molecular weight excluding hydrogens is 484 g/mol. The molecule has 13 nitrogen and oxygen atoms in total. The quantitative estimate of drug-likeness (QED) is 0.169. The van der Waals surface area contributed by atoms with Gasteiger partial charge in [0.25, 0.3) is 0 Å². The van der Waals surface area contributed by atoms with Crippen molar-refractivity contribution in [2.45, 2.75) is 35.8 Å². The molecule has 7 atom stereocenters. The number of hydrogen-bond acceptors (Lipinski definition) is 12. The van der Waals surface area contributed by atoms with Crippen LogP contribution in [-0.2, 0) is 18.5 Å². The van der Waals surface area contributed by atoms with E-state index in [1.54, 1.807) is 4.90 Å². The van der Waals surface area contributed by atoms with Crippen LogP contribution in [0.3, 0.4) is 0 Å². The van der Waals surface area contributed by atoms with E-state index in [1.807, 2.05) is 0 Å². The van der Waals surface area contributed by atoms with Gasteiger partial charge in [0.15, 0.2) is 23.5 Å². The van der Waals surface area contributed by atoms with Crippen LogP contribution in [0.25, 0.3) is 0 Å².